The van der Waals surface area contributed by atoms with Gasteiger partial charge in [-0.25, -0.2) is 16.8 Å². The summed E-state index contributed by atoms with van der Waals surface area (Å²) in [4.78, 5) is 12.8. The fourth-order valence-electron chi connectivity index (χ4n) is 4.02. The maximum Gasteiger partial charge on any atom is 0.262 e. The predicted octanol–water partition coefficient (Wildman–Crippen LogP) is 6.03. The van der Waals surface area contributed by atoms with E-state index in [9.17, 15) is 21.6 Å². The molecule has 1 amide bonds. The number of anilines is 3. The van der Waals surface area contributed by atoms with Crippen LogP contribution in [0.2, 0.25) is 10.0 Å². The Morgan fingerprint density at radius 1 is 0.837 bits per heavy atom. The summed E-state index contributed by atoms with van der Waals surface area (Å²) in [7, 11) is -4.83. The van der Waals surface area contributed by atoms with Crippen molar-refractivity contribution in [1.29, 1.82) is 0 Å². The molecule has 0 bridgehead atoms. The number of sulfonamides is 2. The van der Waals surface area contributed by atoms with Gasteiger partial charge in [0.15, 0.2) is 0 Å². The van der Waals surface area contributed by atoms with Crippen molar-refractivity contribution < 1.29 is 31.1 Å². The highest BCUT2D eigenvalue weighted by Crippen LogP contribution is 2.32. The average Bonchev–Trinajstić information content (AvgIpc) is 2.96. The Morgan fingerprint density at radius 2 is 1.47 bits per heavy atom. The third kappa shape index (κ3) is 7.71. The van der Waals surface area contributed by atoms with Crippen LogP contribution >= 0.6 is 23.2 Å². The molecule has 2 N–H and O–H groups in total. The number of nitrogens with zero attached hydrogens (tertiary/aromatic N) is 1. The average molecular weight is 665 g/mol. The number of rotatable bonds is 11. The van der Waals surface area contributed by atoms with E-state index < -0.39 is 26.0 Å². The number of nitrogens with one attached hydrogen (secondary N) is 2. The van der Waals surface area contributed by atoms with E-state index in [-0.39, 0.29) is 22.7 Å². The van der Waals surface area contributed by atoms with Gasteiger partial charge in [-0.2, -0.15) is 0 Å². The third-order valence-electron chi connectivity index (χ3n) is 6.25. The fraction of sp³-hybridized carbons (Fsp3) is 0.138. The number of carbonyl (C=O) groups is 1. The van der Waals surface area contributed by atoms with Crippen LogP contribution in [0.1, 0.15) is 15.9 Å². The van der Waals surface area contributed by atoms with E-state index in [4.69, 9.17) is 32.7 Å². The van der Waals surface area contributed by atoms with Gasteiger partial charge in [-0.05, 0) is 72.8 Å². The summed E-state index contributed by atoms with van der Waals surface area (Å²) in [6.45, 7) is -0.0996. The van der Waals surface area contributed by atoms with Crippen molar-refractivity contribution in [2.24, 2.45) is 0 Å². The lowest BCUT2D eigenvalue weighted by molar-refractivity contribution is 0.102. The zero-order valence-electron chi connectivity index (χ0n) is 23.2. The molecule has 0 aliphatic rings. The Bertz CT molecular complexity index is 1830. The highest BCUT2D eigenvalue weighted by Gasteiger charge is 2.22. The van der Waals surface area contributed by atoms with Gasteiger partial charge in [0.05, 0.1) is 43.3 Å². The molecule has 10 nitrogen and oxygen atoms in total. The molecule has 0 aromatic heterocycles. The number of benzene rings is 4. The van der Waals surface area contributed by atoms with Gasteiger partial charge in [0.25, 0.3) is 15.9 Å². The monoisotopic (exact) mass is 663 g/mol. The summed E-state index contributed by atoms with van der Waals surface area (Å²) in [6.07, 6.45) is 1.06. The highest BCUT2D eigenvalue weighted by atomic mass is 35.5. The van der Waals surface area contributed by atoms with Crippen molar-refractivity contribution in [3.05, 3.63) is 106 Å². The Balaban J connectivity index is 1.47. The molecule has 14 heteroatoms. The Kier molecular flexibility index (Phi) is 9.75. The second-order valence-electron chi connectivity index (χ2n) is 9.17. The first-order valence-electron chi connectivity index (χ1n) is 12.5. The Labute approximate surface area is 260 Å². The summed E-state index contributed by atoms with van der Waals surface area (Å²) in [5.41, 5.74) is 1.55. The number of hydrogen-bond donors (Lipinski definition) is 2. The molecule has 0 fully saturated rings. The van der Waals surface area contributed by atoms with Gasteiger partial charge in [0, 0.05) is 32.9 Å². The van der Waals surface area contributed by atoms with Crippen LogP contribution in [0, 0.1) is 0 Å². The molecule has 0 aliphatic carbocycles. The zero-order valence-corrected chi connectivity index (χ0v) is 26.3. The number of hydrogen-bond acceptors (Lipinski definition) is 7. The summed E-state index contributed by atoms with van der Waals surface area (Å²) in [5, 5.41) is 3.35. The van der Waals surface area contributed by atoms with Crippen molar-refractivity contribution in [2.45, 2.75) is 11.4 Å². The fourth-order valence-corrected chi connectivity index (χ4v) is 6.47. The molecule has 0 atom stereocenters. The van der Waals surface area contributed by atoms with Crippen LogP contribution in [-0.2, 0) is 26.6 Å². The lowest BCUT2D eigenvalue weighted by atomic mass is 10.1. The van der Waals surface area contributed by atoms with Crippen LogP contribution in [0.5, 0.6) is 11.5 Å². The minimum atomic E-state index is -3.99. The maximum absolute atomic E-state index is 13.0. The van der Waals surface area contributed by atoms with E-state index in [1.165, 1.54) is 68.8 Å². The molecule has 0 unspecified atom stereocenters. The van der Waals surface area contributed by atoms with Crippen molar-refractivity contribution in [3.63, 3.8) is 0 Å². The Morgan fingerprint density at radius 3 is 2.02 bits per heavy atom. The van der Waals surface area contributed by atoms with Crippen LogP contribution in [0.25, 0.3) is 0 Å². The molecule has 0 saturated carbocycles. The van der Waals surface area contributed by atoms with E-state index in [0.717, 1.165) is 10.6 Å². The molecule has 43 heavy (non-hydrogen) atoms. The van der Waals surface area contributed by atoms with Gasteiger partial charge >= 0.3 is 0 Å². The van der Waals surface area contributed by atoms with Crippen molar-refractivity contribution >= 4 is 66.2 Å². The predicted molar refractivity (Wildman–Crippen MR) is 169 cm³/mol. The van der Waals surface area contributed by atoms with E-state index >= 15 is 0 Å². The smallest absolute Gasteiger partial charge is 0.262 e. The summed E-state index contributed by atoms with van der Waals surface area (Å²) in [5.74, 6) is 0.270. The largest absolute Gasteiger partial charge is 0.497 e. The molecule has 226 valence electrons. The molecule has 0 radical (unpaired) electrons. The number of ether oxygens (including phenoxy) is 2. The van der Waals surface area contributed by atoms with Gasteiger partial charge in [0.2, 0.25) is 10.0 Å². The van der Waals surface area contributed by atoms with E-state index in [0.29, 0.717) is 38.5 Å². The van der Waals surface area contributed by atoms with Crippen LogP contribution < -0.4 is 23.8 Å². The van der Waals surface area contributed by atoms with Crippen molar-refractivity contribution in [1.82, 2.24) is 0 Å². The van der Waals surface area contributed by atoms with Crippen LogP contribution in [0.4, 0.5) is 17.1 Å². The number of methoxy groups -OCH3 is 2. The minimum Gasteiger partial charge on any atom is -0.497 e. The first kappa shape index (κ1) is 32.0. The number of carbonyl (C=O) groups excluding carboxylic acids is 1. The number of halogens is 2. The second-order valence-corrected chi connectivity index (χ2v) is 13.6. The lowest BCUT2D eigenvalue weighted by Crippen LogP contribution is -2.29. The molecule has 0 aliphatic heterocycles. The van der Waals surface area contributed by atoms with Gasteiger partial charge in [-0.15, -0.1) is 0 Å². The third-order valence-corrected chi connectivity index (χ3v) is 9.48. The molecular formula is C29H27Cl2N3O7S2. The minimum absolute atomic E-state index is 0.0424. The molecule has 4 aromatic rings. The topological polar surface area (TPSA) is 131 Å². The van der Waals surface area contributed by atoms with Gasteiger partial charge in [-0.3, -0.25) is 13.8 Å². The standard InChI is InChI=1S/C29H27Cl2N3O7S2/c1-40-22-13-16-28(41-2)27(17-22)33-43(38,39)23-14-9-20(10-15-23)32-29(35)19-7-11-21(12-8-19)34(42(3,36)37)18-24-25(30)5-4-6-26(24)31/h4-17,33H,18H2,1-3H3,(H,32,35). The number of amides is 1. The Hall–Kier alpha value is -3.97. The van der Waals surface area contributed by atoms with E-state index in [1.807, 2.05) is 0 Å². The molecule has 4 aromatic carbocycles. The molecule has 0 spiro atoms. The second kappa shape index (κ2) is 13.1. The van der Waals surface area contributed by atoms with Crippen LogP contribution in [0.15, 0.2) is 89.8 Å². The van der Waals surface area contributed by atoms with Gasteiger partial charge in [-0.1, -0.05) is 29.3 Å². The first-order valence-corrected chi connectivity index (χ1v) is 16.6. The SMILES string of the molecule is COc1ccc(OC)c(NS(=O)(=O)c2ccc(NC(=O)c3ccc(N(Cc4c(Cl)cccc4Cl)S(C)(=O)=O)cc3)cc2)c1. The van der Waals surface area contributed by atoms with Crippen LogP contribution in [0.3, 0.4) is 0 Å². The summed E-state index contributed by atoms with van der Waals surface area (Å²) >= 11 is 12.5. The highest BCUT2D eigenvalue weighted by molar-refractivity contribution is 7.92. The van der Waals surface area contributed by atoms with Gasteiger partial charge < -0.3 is 14.8 Å². The molecule has 0 heterocycles. The summed E-state index contributed by atoms with van der Waals surface area (Å²) in [6, 6.07) is 21.1. The maximum atomic E-state index is 13.0. The first-order chi connectivity index (χ1) is 20.3. The van der Waals surface area contributed by atoms with Crippen LogP contribution in [-0.4, -0.2) is 43.2 Å². The molecule has 4 rings (SSSR count). The van der Waals surface area contributed by atoms with Crippen molar-refractivity contribution in [3.8, 4) is 11.5 Å². The van der Waals surface area contributed by atoms with E-state index in [1.54, 1.807) is 30.3 Å². The van der Waals surface area contributed by atoms with Crippen molar-refractivity contribution in [2.75, 3.05) is 34.8 Å². The van der Waals surface area contributed by atoms with E-state index in [2.05, 4.69) is 10.0 Å². The lowest BCUT2D eigenvalue weighted by Gasteiger charge is -2.23. The molecular weight excluding hydrogens is 637 g/mol. The zero-order chi connectivity index (χ0) is 31.4. The quantitative estimate of drug-likeness (QED) is 0.200. The normalized spacial score (nSPS) is 11.5. The van der Waals surface area contributed by atoms with Gasteiger partial charge in [0.1, 0.15) is 11.5 Å². The molecule has 0 saturated heterocycles. The summed E-state index contributed by atoms with van der Waals surface area (Å²) < 4.78 is 65.1.